The van der Waals surface area contributed by atoms with Crippen LogP contribution < -0.4 is 4.89 Å². The number of sulfonamides is 1. The zero-order valence-electron chi connectivity index (χ0n) is 15.1. The molecule has 1 aliphatic rings. The number of aliphatic imine (C=N–C) groups is 1. The Labute approximate surface area is 193 Å². The van der Waals surface area contributed by atoms with Crippen molar-refractivity contribution in [3.8, 4) is 5.75 Å². The quantitative estimate of drug-likeness (QED) is 0.0895. The molecule has 0 amide bonds. The maximum atomic E-state index is 12.1. The van der Waals surface area contributed by atoms with Crippen LogP contribution in [0.25, 0.3) is 0 Å². The number of hydrogen-bond acceptors (Lipinski definition) is 7. The summed E-state index contributed by atoms with van der Waals surface area (Å²) in [4.78, 5) is 9.40. The predicted molar refractivity (Wildman–Crippen MR) is 118 cm³/mol. The molecular weight excluding hydrogens is 513 g/mol. The molecule has 0 saturated heterocycles. The average molecular weight is 528 g/mol. The Morgan fingerprint density at radius 1 is 1.03 bits per heavy atom. The van der Waals surface area contributed by atoms with Crippen LogP contribution in [0.4, 0.5) is 0 Å². The zero-order chi connectivity index (χ0) is 21.7. The van der Waals surface area contributed by atoms with Gasteiger partial charge in [0.25, 0.3) is 10.0 Å². The number of rotatable bonds is 8. The molecule has 3 rings (SSSR count). The first-order valence-electron chi connectivity index (χ1n) is 8.12. The van der Waals surface area contributed by atoms with Gasteiger partial charge in [-0.15, -0.1) is 0 Å². The van der Waals surface area contributed by atoms with Crippen LogP contribution >= 0.6 is 32.4 Å². The molecule has 1 heterocycles. The van der Waals surface area contributed by atoms with E-state index in [1.807, 2.05) is 18.2 Å². The van der Waals surface area contributed by atoms with E-state index in [1.54, 1.807) is 36.4 Å². The van der Waals surface area contributed by atoms with Crippen molar-refractivity contribution in [3.63, 3.8) is 0 Å². The van der Waals surface area contributed by atoms with Crippen molar-refractivity contribution < 1.29 is 30.8 Å². The molecule has 0 fully saturated rings. The molecule has 0 bridgehead atoms. The molecular formula is C18H15Cl2FeN3O4S2. The van der Waals surface area contributed by atoms with E-state index >= 15 is 0 Å². The molecule has 1 aliphatic heterocycles. The van der Waals surface area contributed by atoms with E-state index in [0.29, 0.717) is 23.6 Å². The summed E-state index contributed by atoms with van der Waals surface area (Å²) in [6, 6.07) is 17.0. The summed E-state index contributed by atoms with van der Waals surface area (Å²) in [5.41, 5.74) is 1.12. The summed E-state index contributed by atoms with van der Waals surface area (Å²) in [5, 5.41) is 0. The second-order valence-electron chi connectivity index (χ2n) is 5.28. The molecule has 2 aromatic carbocycles. The van der Waals surface area contributed by atoms with E-state index in [4.69, 9.17) is 29.4 Å². The van der Waals surface area contributed by atoms with Crippen LogP contribution in [0.3, 0.4) is 0 Å². The van der Waals surface area contributed by atoms with Crippen LogP contribution in [-0.4, -0.2) is 26.6 Å². The third kappa shape index (κ3) is 9.01. The molecule has 0 N–H and O–H groups in total. The van der Waals surface area contributed by atoms with Crippen LogP contribution in [0.15, 0.2) is 91.1 Å². The van der Waals surface area contributed by atoms with Gasteiger partial charge in [-0.25, -0.2) is 0 Å². The Kier molecular flexibility index (Phi) is 11.2. The molecule has 12 heteroatoms. The van der Waals surface area contributed by atoms with Crippen molar-refractivity contribution in [3.05, 3.63) is 72.4 Å². The molecule has 0 spiro atoms. The Bertz CT molecular complexity index is 1020. The summed E-state index contributed by atoms with van der Waals surface area (Å²) in [5.74, 6) is 0.566. The van der Waals surface area contributed by atoms with E-state index in [-0.39, 0.29) is 18.0 Å². The number of allylic oxidation sites excluding steroid dienone is 2. The van der Waals surface area contributed by atoms with Crippen molar-refractivity contribution >= 4 is 60.6 Å². The van der Waals surface area contributed by atoms with Gasteiger partial charge in [0.05, 0.1) is 28.7 Å². The molecule has 7 nitrogen and oxygen atoms in total. The number of hydrogen-bond donors (Lipinski definition) is 0. The van der Waals surface area contributed by atoms with Crippen LogP contribution in [0, 0.1) is 0 Å². The minimum atomic E-state index is -3.72. The third-order valence-corrected chi connectivity index (χ3v) is 4.88. The summed E-state index contributed by atoms with van der Waals surface area (Å²) in [6.45, 7) is 0. The van der Waals surface area contributed by atoms with Gasteiger partial charge in [-0.2, -0.15) is 17.2 Å². The maximum absolute atomic E-state index is 12.1. The van der Waals surface area contributed by atoms with Crippen LogP contribution in [0.5, 0.6) is 5.75 Å². The predicted octanol–water partition coefficient (Wildman–Crippen LogP) is 5.20. The van der Waals surface area contributed by atoms with Crippen molar-refractivity contribution in [1.29, 1.82) is 0 Å². The fourth-order valence-electron chi connectivity index (χ4n) is 2.04. The van der Waals surface area contributed by atoms with E-state index in [0.717, 1.165) is 12.2 Å². The fourth-order valence-corrected chi connectivity index (χ4v) is 3.21. The molecule has 2 aromatic rings. The average Bonchev–Trinajstić information content (AvgIpc) is 3.22. The summed E-state index contributed by atoms with van der Waals surface area (Å²) in [6.07, 6.45) is 5.02. The van der Waals surface area contributed by atoms with Gasteiger partial charge in [0.15, 0.2) is 18.0 Å². The number of benzene rings is 2. The molecule has 0 unspecified atom stereocenters. The van der Waals surface area contributed by atoms with Gasteiger partial charge < -0.3 is 4.89 Å². The molecule has 0 radical (unpaired) electrons. The number of nitrogens with zero attached hydrogens (tertiary/aromatic N) is 3. The van der Waals surface area contributed by atoms with E-state index in [9.17, 15) is 8.42 Å². The van der Waals surface area contributed by atoms with Crippen LogP contribution in [0.2, 0.25) is 0 Å². The van der Waals surface area contributed by atoms with E-state index in [2.05, 4.69) is 13.8 Å². The Hall–Kier alpha value is -1.65. The molecule has 30 heavy (non-hydrogen) atoms. The van der Waals surface area contributed by atoms with E-state index < -0.39 is 10.0 Å². The van der Waals surface area contributed by atoms with Crippen LogP contribution in [0.1, 0.15) is 6.42 Å². The van der Waals surface area contributed by atoms with Gasteiger partial charge >= 0.3 is 33.3 Å². The molecule has 0 saturated carbocycles. The molecule has 0 aliphatic carbocycles. The second-order valence-corrected chi connectivity index (χ2v) is 9.23. The van der Waals surface area contributed by atoms with Gasteiger partial charge in [-0.05, 0) is 24.3 Å². The third-order valence-electron chi connectivity index (χ3n) is 3.31. The van der Waals surface area contributed by atoms with Crippen molar-refractivity contribution in [2.45, 2.75) is 11.3 Å². The topological polar surface area (TPSA) is 89.7 Å². The number of para-hydroxylation sites is 1. The fraction of sp³-hybridized carbons (Fsp3) is 0.0556. The minimum absolute atomic E-state index is 0.140. The van der Waals surface area contributed by atoms with E-state index in [1.165, 1.54) is 24.6 Å². The normalized spacial score (nSPS) is 13.8. The van der Waals surface area contributed by atoms with Crippen LogP contribution in [-0.2, 0) is 27.5 Å². The first-order chi connectivity index (χ1) is 14.5. The van der Waals surface area contributed by atoms with Crippen molar-refractivity contribution in [2.24, 2.45) is 13.8 Å². The Morgan fingerprint density at radius 3 is 2.33 bits per heavy atom. The molecule has 0 aromatic heterocycles. The van der Waals surface area contributed by atoms with Crippen molar-refractivity contribution in [1.82, 2.24) is 0 Å². The standard InChI is InChI=1S/C18H15N3O4S2.2ClH.Fe/c22-27(23,18-9-5-2-6-10-18)20-14-16-12-11-15(21-16)13-19-26-25-24-17-7-3-1-4-8-17;;;/h1-11,13-14H,12H2;2*1H;/q;;;+2/p-2/b19-13+,20-14+;;;. The molecule has 160 valence electrons. The van der Waals surface area contributed by atoms with Gasteiger partial charge in [0.2, 0.25) is 0 Å². The van der Waals surface area contributed by atoms with Crippen molar-refractivity contribution in [2.75, 3.05) is 0 Å². The Morgan fingerprint density at radius 2 is 1.67 bits per heavy atom. The van der Waals surface area contributed by atoms with Gasteiger partial charge in [-0.1, -0.05) is 46.8 Å². The summed E-state index contributed by atoms with van der Waals surface area (Å²) in [7, 11) is 5.80. The summed E-state index contributed by atoms with van der Waals surface area (Å²) >= 11 is 0.953. The first kappa shape index (κ1) is 24.6. The van der Waals surface area contributed by atoms with Gasteiger partial charge in [-0.3, -0.25) is 4.99 Å². The van der Waals surface area contributed by atoms with Gasteiger partial charge in [0, 0.05) is 6.42 Å². The molecule has 0 atom stereocenters. The first-order valence-corrected chi connectivity index (χ1v) is 13.3. The SMILES string of the molecule is O=S(=O)(/N=C/C1=NC(/C=N/SOOc2ccccc2)=CC1)c1ccccc1.[Cl][Fe][Cl]. The number of halogens is 2. The second kappa shape index (κ2) is 13.6. The monoisotopic (exact) mass is 527 g/mol. The zero-order valence-corrected chi connectivity index (χ0v) is 19.4. The van der Waals surface area contributed by atoms with Gasteiger partial charge in [0.1, 0.15) is 0 Å². The summed E-state index contributed by atoms with van der Waals surface area (Å²) < 4.78 is 36.7. The Balaban J connectivity index is 0.00000101.